The van der Waals surface area contributed by atoms with E-state index in [2.05, 4.69) is 22.3 Å². The van der Waals surface area contributed by atoms with Gasteiger partial charge in [-0.25, -0.2) is 4.79 Å². The van der Waals surface area contributed by atoms with Gasteiger partial charge in [0.05, 0.1) is 16.8 Å². The number of nitrogens with one attached hydrogen (secondary N) is 1. The largest absolute Gasteiger partial charge is 0.456 e. The predicted molar refractivity (Wildman–Crippen MR) is 129 cm³/mol. The van der Waals surface area contributed by atoms with Crippen LogP contribution in [0.1, 0.15) is 27.0 Å². The Balaban J connectivity index is 1.57. The molecule has 6 rings (SSSR count). The van der Waals surface area contributed by atoms with Gasteiger partial charge in [-0.05, 0) is 48.5 Å². The lowest BCUT2D eigenvalue weighted by Crippen LogP contribution is -2.33. The first-order valence-corrected chi connectivity index (χ1v) is 10.9. The number of esters is 1. The molecular weight excluding hydrogens is 412 g/mol. The van der Waals surface area contributed by atoms with Crippen LogP contribution in [0.15, 0.2) is 91.0 Å². The van der Waals surface area contributed by atoms with E-state index in [1.807, 2.05) is 93.0 Å². The van der Waals surface area contributed by atoms with Gasteiger partial charge in [0, 0.05) is 36.6 Å². The van der Waals surface area contributed by atoms with Crippen LogP contribution in [0.4, 0.5) is 17.1 Å². The highest BCUT2D eigenvalue weighted by Crippen LogP contribution is 2.58. The fraction of sp³-hybridized carbons (Fsp3) is 0.107. The summed E-state index contributed by atoms with van der Waals surface area (Å²) < 4.78 is 12.6. The lowest BCUT2D eigenvalue weighted by molar-refractivity contribution is 0.0227. The van der Waals surface area contributed by atoms with Crippen LogP contribution in [0, 0.1) is 0 Å². The van der Waals surface area contributed by atoms with E-state index in [4.69, 9.17) is 9.47 Å². The number of benzene rings is 4. The molecule has 0 amide bonds. The van der Waals surface area contributed by atoms with E-state index in [-0.39, 0.29) is 5.97 Å². The third kappa shape index (κ3) is 2.82. The van der Waals surface area contributed by atoms with Crippen molar-refractivity contribution < 1.29 is 14.3 Å². The molecule has 33 heavy (non-hydrogen) atoms. The van der Waals surface area contributed by atoms with Crippen LogP contribution < -0.4 is 15.0 Å². The fourth-order valence-corrected chi connectivity index (χ4v) is 4.78. The van der Waals surface area contributed by atoms with Crippen LogP contribution in [-0.2, 0) is 10.3 Å². The van der Waals surface area contributed by atoms with E-state index in [9.17, 15) is 4.79 Å². The van der Waals surface area contributed by atoms with Gasteiger partial charge in [-0.3, -0.25) is 0 Å². The molecule has 0 saturated heterocycles. The Morgan fingerprint density at radius 1 is 0.758 bits per heavy atom. The molecule has 0 aliphatic carbocycles. The van der Waals surface area contributed by atoms with Crippen LogP contribution in [0.2, 0.25) is 0 Å². The van der Waals surface area contributed by atoms with E-state index < -0.39 is 5.60 Å². The molecule has 1 spiro atoms. The summed E-state index contributed by atoms with van der Waals surface area (Å²) in [6.07, 6.45) is 0. The number of hydrogen-bond donors (Lipinski definition) is 1. The first-order chi connectivity index (χ1) is 16.1. The van der Waals surface area contributed by atoms with Crippen LogP contribution >= 0.6 is 0 Å². The molecule has 5 nitrogen and oxygen atoms in total. The zero-order valence-electron chi connectivity index (χ0n) is 18.3. The molecule has 4 aromatic rings. The molecule has 0 saturated carbocycles. The third-order valence-corrected chi connectivity index (χ3v) is 6.30. The second kappa shape index (κ2) is 7.14. The molecule has 2 heterocycles. The van der Waals surface area contributed by atoms with E-state index >= 15 is 0 Å². The van der Waals surface area contributed by atoms with Crippen LogP contribution in [0.25, 0.3) is 0 Å². The molecule has 1 atom stereocenters. The molecule has 0 bridgehead atoms. The maximum atomic E-state index is 13.0. The minimum atomic E-state index is -1.09. The van der Waals surface area contributed by atoms with Crippen molar-refractivity contribution in [3.05, 3.63) is 113 Å². The Bertz CT molecular complexity index is 1390. The van der Waals surface area contributed by atoms with E-state index in [0.29, 0.717) is 17.1 Å². The minimum absolute atomic E-state index is 0.335. The second-order valence-corrected chi connectivity index (χ2v) is 8.46. The smallest absolute Gasteiger partial charge is 0.340 e. The second-order valence-electron chi connectivity index (χ2n) is 8.46. The lowest BCUT2D eigenvalue weighted by atomic mass is 9.77. The van der Waals surface area contributed by atoms with Gasteiger partial charge in [0.1, 0.15) is 11.5 Å². The maximum absolute atomic E-state index is 13.0. The van der Waals surface area contributed by atoms with Gasteiger partial charge in [0.25, 0.3) is 0 Å². The lowest BCUT2D eigenvalue weighted by Gasteiger charge is -2.37. The third-order valence-electron chi connectivity index (χ3n) is 6.30. The highest BCUT2D eigenvalue weighted by molar-refractivity contribution is 5.97. The van der Waals surface area contributed by atoms with Crippen molar-refractivity contribution in [2.24, 2.45) is 0 Å². The number of ether oxygens (including phenoxy) is 2. The van der Waals surface area contributed by atoms with Gasteiger partial charge < -0.3 is 19.7 Å². The minimum Gasteiger partial charge on any atom is -0.456 e. The zero-order chi connectivity index (χ0) is 22.6. The highest BCUT2D eigenvalue weighted by Gasteiger charge is 2.54. The Morgan fingerprint density at radius 3 is 2.24 bits per heavy atom. The molecule has 0 aromatic heterocycles. The Morgan fingerprint density at radius 2 is 1.45 bits per heavy atom. The first kappa shape index (κ1) is 19.4. The van der Waals surface area contributed by atoms with Gasteiger partial charge in [-0.1, -0.05) is 42.5 Å². The van der Waals surface area contributed by atoms with Gasteiger partial charge in [0.15, 0.2) is 5.60 Å². The summed E-state index contributed by atoms with van der Waals surface area (Å²) in [5, 5.41) is 3.54. The van der Waals surface area contributed by atoms with Crippen molar-refractivity contribution >= 4 is 23.0 Å². The summed E-state index contributed by atoms with van der Waals surface area (Å²) in [6, 6.07) is 29.4. The average molecular weight is 434 g/mol. The number of hydrogen-bond acceptors (Lipinski definition) is 5. The predicted octanol–water partition coefficient (Wildman–Crippen LogP) is 6.06. The van der Waals surface area contributed by atoms with Gasteiger partial charge in [0.2, 0.25) is 0 Å². The Labute approximate surface area is 192 Å². The number of nitrogens with zero attached hydrogens (tertiary/aromatic N) is 1. The monoisotopic (exact) mass is 434 g/mol. The highest BCUT2D eigenvalue weighted by atomic mass is 16.6. The maximum Gasteiger partial charge on any atom is 0.340 e. The molecular formula is C28H22N2O3. The normalized spacial score (nSPS) is 17.5. The molecule has 4 aromatic carbocycles. The van der Waals surface area contributed by atoms with Crippen LogP contribution in [0.5, 0.6) is 11.5 Å². The summed E-state index contributed by atoms with van der Waals surface area (Å²) in [7, 11) is 4.03. The fourth-order valence-electron chi connectivity index (χ4n) is 4.78. The summed E-state index contributed by atoms with van der Waals surface area (Å²) in [4.78, 5) is 15.1. The van der Waals surface area contributed by atoms with Gasteiger partial charge in [-0.2, -0.15) is 0 Å². The topological polar surface area (TPSA) is 50.8 Å². The van der Waals surface area contributed by atoms with Gasteiger partial charge >= 0.3 is 5.97 Å². The standard InChI is InChI=1S/C28H22N2O3/c1-30(2)19-16-14-18(15-17-19)29-23-11-7-13-25-26(23)28(22-10-5-6-12-24(22)32-25)21-9-4-3-8-20(21)27(31)33-28/h3-17,29H,1-2H3. The summed E-state index contributed by atoms with van der Waals surface area (Å²) in [5.74, 6) is 1.01. The van der Waals surface area contributed by atoms with Crippen LogP contribution in [-0.4, -0.2) is 20.1 Å². The van der Waals surface area contributed by atoms with E-state index in [1.165, 1.54) is 0 Å². The first-order valence-electron chi connectivity index (χ1n) is 10.9. The number of para-hydroxylation sites is 1. The molecule has 2 aliphatic heterocycles. The number of fused-ring (bicyclic) bond motifs is 6. The van der Waals surface area contributed by atoms with Crippen molar-refractivity contribution in [2.75, 3.05) is 24.3 Å². The molecule has 0 fully saturated rings. The average Bonchev–Trinajstić information content (AvgIpc) is 3.12. The Kier molecular flexibility index (Phi) is 4.20. The Hall–Kier alpha value is -4.25. The van der Waals surface area contributed by atoms with Crippen LogP contribution in [0.3, 0.4) is 0 Å². The summed E-state index contributed by atoms with van der Waals surface area (Å²) in [6.45, 7) is 0. The molecule has 5 heteroatoms. The molecule has 162 valence electrons. The van der Waals surface area contributed by atoms with Gasteiger partial charge in [-0.15, -0.1) is 0 Å². The number of rotatable bonds is 3. The summed E-state index contributed by atoms with van der Waals surface area (Å²) in [5.41, 5.74) is 4.78. The zero-order valence-corrected chi connectivity index (χ0v) is 18.3. The molecule has 1 unspecified atom stereocenters. The number of anilines is 3. The van der Waals surface area contributed by atoms with Crippen molar-refractivity contribution in [3.63, 3.8) is 0 Å². The van der Waals surface area contributed by atoms with Crippen molar-refractivity contribution in [2.45, 2.75) is 5.60 Å². The van der Waals surface area contributed by atoms with Crippen molar-refractivity contribution in [1.82, 2.24) is 0 Å². The number of carbonyl (C=O) groups is 1. The van der Waals surface area contributed by atoms with E-state index in [1.54, 1.807) is 0 Å². The quantitative estimate of drug-likeness (QED) is 0.397. The molecule has 2 aliphatic rings. The summed E-state index contributed by atoms with van der Waals surface area (Å²) >= 11 is 0. The van der Waals surface area contributed by atoms with E-state index in [0.717, 1.165) is 33.8 Å². The van der Waals surface area contributed by atoms with Crippen molar-refractivity contribution in [1.29, 1.82) is 0 Å². The number of carbonyl (C=O) groups excluding carboxylic acids is 1. The molecule has 0 radical (unpaired) electrons. The van der Waals surface area contributed by atoms with Crippen molar-refractivity contribution in [3.8, 4) is 11.5 Å². The SMILES string of the molecule is CN(C)c1ccc(Nc2cccc3c2C2(OC(=O)c4ccccc42)c2ccccc2O3)cc1. The molecule has 1 N–H and O–H groups in total.